The number of ether oxygens (including phenoxy) is 4. The molecule has 8 heteroatoms. The molecular formula is C23H26O8. The highest BCUT2D eigenvalue weighted by atomic mass is 16.7. The van der Waals surface area contributed by atoms with Crippen molar-refractivity contribution >= 4 is 11.9 Å². The van der Waals surface area contributed by atoms with Gasteiger partial charge in [-0.15, -0.1) is 0 Å². The second kappa shape index (κ2) is 7.05. The smallest absolute Gasteiger partial charge is 0.334 e. The van der Waals surface area contributed by atoms with Gasteiger partial charge in [-0.25, -0.2) is 4.79 Å². The van der Waals surface area contributed by atoms with Gasteiger partial charge in [-0.05, 0) is 31.2 Å². The van der Waals surface area contributed by atoms with Crippen LogP contribution in [-0.2, 0) is 28.5 Å². The van der Waals surface area contributed by atoms with E-state index in [1.54, 1.807) is 18.6 Å². The van der Waals surface area contributed by atoms with Gasteiger partial charge in [-0.1, -0.05) is 18.2 Å². The Kier molecular flexibility index (Phi) is 4.66. The molecule has 2 bridgehead atoms. The summed E-state index contributed by atoms with van der Waals surface area (Å²) in [6.45, 7) is 5.67. The van der Waals surface area contributed by atoms with Gasteiger partial charge >= 0.3 is 11.9 Å². The quantitative estimate of drug-likeness (QED) is 0.577. The number of allylic oxidation sites excluding steroid dienone is 1. The van der Waals surface area contributed by atoms with Gasteiger partial charge in [0, 0.05) is 29.9 Å². The van der Waals surface area contributed by atoms with Gasteiger partial charge in [-0.2, -0.15) is 0 Å². The average Bonchev–Trinajstić information content (AvgIpc) is 3.39. The fraction of sp³-hybridized carbons (Fsp3) is 0.565. The maximum absolute atomic E-state index is 12.9. The summed E-state index contributed by atoms with van der Waals surface area (Å²) in [5.74, 6) is -1.34. The largest absolute Gasteiger partial charge is 0.472 e. The van der Waals surface area contributed by atoms with Crippen LogP contribution in [0.3, 0.4) is 0 Å². The normalized spacial score (nSPS) is 41.1. The molecule has 1 saturated carbocycles. The Morgan fingerprint density at radius 3 is 2.81 bits per heavy atom. The van der Waals surface area contributed by atoms with Crippen molar-refractivity contribution in [3.63, 3.8) is 0 Å². The van der Waals surface area contributed by atoms with E-state index in [1.807, 2.05) is 6.07 Å². The van der Waals surface area contributed by atoms with E-state index in [2.05, 4.69) is 6.58 Å². The van der Waals surface area contributed by atoms with Gasteiger partial charge in [0.2, 0.25) is 0 Å². The fourth-order valence-electron chi connectivity index (χ4n) is 6.46. The molecule has 1 aromatic heterocycles. The minimum atomic E-state index is -1.41. The fourth-order valence-corrected chi connectivity index (χ4v) is 6.46. The summed E-state index contributed by atoms with van der Waals surface area (Å²) in [6, 6.07) is 1.84. The van der Waals surface area contributed by atoms with Crippen LogP contribution in [0.25, 0.3) is 0 Å². The van der Waals surface area contributed by atoms with E-state index in [0.29, 0.717) is 31.3 Å². The maximum Gasteiger partial charge on any atom is 0.334 e. The minimum Gasteiger partial charge on any atom is -0.472 e. The zero-order chi connectivity index (χ0) is 22.0. The second-order valence-corrected chi connectivity index (χ2v) is 8.82. The molecule has 8 nitrogen and oxygen atoms in total. The lowest BCUT2D eigenvalue weighted by Crippen LogP contribution is -2.70. The molecule has 2 aliphatic heterocycles. The SMILES string of the molecule is C=C1C[C@H](OC(C)=O)[C@]23C(C(=O)OC)=CCC[C@H]2[C@]12C[C@H](c1ccoc1)O[C@H]2O[C@@H]3O. The summed E-state index contributed by atoms with van der Waals surface area (Å²) in [4.78, 5) is 24.8. The molecule has 2 aliphatic carbocycles. The number of hydrogen-bond donors (Lipinski definition) is 1. The third-order valence-corrected chi connectivity index (χ3v) is 7.61. The highest BCUT2D eigenvalue weighted by molar-refractivity contribution is 5.91. The molecule has 3 fully saturated rings. The number of rotatable bonds is 3. The molecule has 0 aromatic carbocycles. The first-order valence-corrected chi connectivity index (χ1v) is 10.5. The van der Waals surface area contributed by atoms with Crippen molar-refractivity contribution in [2.45, 2.75) is 57.4 Å². The summed E-state index contributed by atoms with van der Waals surface area (Å²) < 4.78 is 28.3. The Morgan fingerprint density at radius 2 is 2.13 bits per heavy atom. The van der Waals surface area contributed by atoms with Gasteiger partial charge in [0.25, 0.3) is 0 Å². The number of methoxy groups -OCH3 is 1. The molecule has 5 rings (SSSR count). The van der Waals surface area contributed by atoms with Crippen molar-refractivity contribution in [2.24, 2.45) is 16.7 Å². The number of carbonyl (C=O) groups excluding carboxylic acids is 2. The number of carbonyl (C=O) groups is 2. The Morgan fingerprint density at radius 1 is 1.32 bits per heavy atom. The van der Waals surface area contributed by atoms with Gasteiger partial charge in [0.15, 0.2) is 12.6 Å². The summed E-state index contributed by atoms with van der Waals surface area (Å²) in [5, 5.41) is 11.4. The molecule has 2 saturated heterocycles. The Bertz CT molecular complexity index is 949. The molecule has 1 spiro atoms. The zero-order valence-corrected chi connectivity index (χ0v) is 17.5. The number of hydrogen-bond acceptors (Lipinski definition) is 8. The molecule has 0 radical (unpaired) electrons. The van der Waals surface area contributed by atoms with Crippen LogP contribution in [0, 0.1) is 16.7 Å². The van der Waals surface area contributed by atoms with Gasteiger partial charge < -0.3 is 28.5 Å². The van der Waals surface area contributed by atoms with Crippen LogP contribution in [0.2, 0.25) is 0 Å². The first-order chi connectivity index (χ1) is 14.9. The number of aliphatic hydroxyl groups excluding tert-OH is 1. The van der Waals surface area contributed by atoms with Crippen LogP contribution < -0.4 is 0 Å². The standard InChI is InChI=1S/C23H26O8/c1-12-9-18(29-13(2)24)23-15(19(25)27-3)5-4-6-17(23)22(12)10-16(14-7-8-28-11-14)30-21(22)31-20(23)26/h5,7-8,11,16-18,20-21,26H,1,4,6,9-10H2,2-3H3/t16-,17+,18+,20+,21+,22+,23+/m1/s1. The number of aliphatic hydroxyl groups is 1. The van der Waals surface area contributed by atoms with Crippen molar-refractivity contribution in [1.82, 2.24) is 0 Å². The molecule has 1 aromatic rings. The molecule has 7 atom stereocenters. The molecule has 1 N–H and O–H groups in total. The lowest BCUT2D eigenvalue weighted by Gasteiger charge is -2.64. The van der Waals surface area contributed by atoms with E-state index in [-0.39, 0.29) is 12.0 Å². The Labute approximate surface area is 179 Å². The van der Waals surface area contributed by atoms with E-state index in [0.717, 1.165) is 11.1 Å². The van der Waals surface area contributed by atoms with E-state index in [1.165, 1.54) is 14.0 Å². The third-order valence-electron chi connectivity index (χ3n) is 7.61. The summed E-state index contributed by atoms with van der Waals surface area (Å²) in [7, 11) is 1.30. The summed E-state index contributed by atoms with van der Waals surface area (Å²) >= 11 is 0. The van der Waals surface area contributed by atoms with E-state index in [4.69, 9.17) is 23.4 Å². The number of esters is 2. The summed E-state index contributed by atoms with van der Waals surface area (Å²) in [6.07, 6.45) is 3.88. The van der Waals surface area contributed by atoms with E-state index in [9.17, 15) is 14.7 Å². The van der Waals surface area contributed by atoms with Crippen LogP contribution >= 0.6 is 0 Å². The molecule has 31 heavy (non-hydrogen) atoms. The Hall–Kier alpha value is -2.42. The number of furan rings is 1. The molecule has 3 heterocycles. The van der Waals surface area contributed by atoms with Crippen molar-refractivity contribution in [3.05, 3.63) is 48.0 Å². The minimum absolute atomic E-state index is 0.282. The molecular weight excluding hydrogens is 404 g/mol. The van der Waals surface area contributed by atoms with Gasteiger partial charge in [0.05, 0.1) is 31.2 Å². The molecule has 0 unspecified atom stereocenters. The summed E-state index contributed by atoms with van der Waals surface area (Å²) in [5.41, 5.74) is 0.103. The lowest BCUT2D eigenvalue weighted by molar-refractivity contribution is -0.355. The predicted molar refractivity (Wildman–Crippen MR) is 105 cm³/mol. The first-order valence-electron chi connectivity index (χ1n) is 10.5. The van der Waals surface area contributed by atoms with Crippen LogP contribution in [0.1, 0.15) is 44.3 Å². The zero-order valence-electron chi connectivity index (χ0n) is 17.5. The van der Waals surface area contributed by atoms with E-state index >= 15 is 0 Å². The second-order valence-electron chi connectivity index (χ2n) is 8.82. The van der Waals surface area contributed by atoms with Crippen LogP contribution in [0.15, 0.2) is 46.8 Å². The van der Waals surface area contributed by atoms with Crippen LogP contribution in [0.5, 0.6) is 0 Å². The van der Waals surface area contributed by atoms with Crippen molar-refractivity contribution in [2.75, 3.05) is 7.11 Å². The molecule has 166 valence electrons. The van der Waals surface area contributed by atoms with Crippen molar-refractivity contribution in [3.8, 4) is 0 Å². The van der Waals surface area contributed by atoms with E-state index < -0.39 is 41.5 Å². The average molecular weight is 430 g/mol. The predicted octanol–water partition coefficient (Wildman–Crippen LogP) is 2.79. The lowest BCUT2D eigenvalue weighted by atomic mass is 9.44. The maximum atomic E-state index is 12.9. The van der Waals surface area contributed by atoms with Crippen molar-refractivity contribution < 1.29 is 38.1 Å². The third kappa shape index (κ3) is 2.58. The first kappa shape index (κ1) is 20.5. The van der Waals surface area contributed by atoms with Crippen LogP contribution in [0.4, 0.5) is 0 Å². The van der Waals surface area contributed by atoms with Crippen molar-refractivity contribution in [1.29, 1.82) is 0 Å². The topological polar surface area (TPSA) is 104 Å². The van der Waals surface area contributed by atoms with Gasteiger partial charge in [-0.3, -0.25) is 4.79 Å². The van der Waals surface area contributed by atoms with Crippen LogP contribution in [-0.4, -0.2) is 42.8 Å². The highest BCUT2D eigenvalue weighted by Crippen LogP contribution is 2.71. The molecule has 0 amide bonds. The van der Waals surface area contributed by atoms with Gasteiger partial charge in [0.1, 0.15) is 6.10 Å². The highest BCUT2D eigenvalue weighted by Gasteiger charge is 2.75. The monoisotopic (exact) mass is 430 g/mol. The molecule has 4 aliphatic rings. The Balaban J connectivity index is 1.67.